The Morgan fingerprint density at radius 2 is 1.56 bits per heavy atom. The molecule has 0 radical (unpaired) electrons. The zero-order valence-corrected chi connectivity index (χ0v) is 19.5. The Hall–Kier alpha value is -1.81. The number of methoxy groups -OCH3 is 1. The van der Waals surface area contributed by atoms with Gasteiger partial charge in [-0.05, 0) is 68.4 Å². The van der Waals surface area contributed by atoms with Gasteiger partial charge in [0.2, 0.25) is 0 Å². The Balaban J connectivity index is 1.27. The van der Waals surface area contributed by atoms with Gasteiger partial charge in [0.15, 0.2) is 0 Å². The smallest absolute Gasteiger partial charge is 0.310 e. The summed E-state index contributed by atoms with van der Waals surface area (Å²) in [5.41, 5.74) is 2.40. The van der Waals surface area contributed by atoms with Crippen LogP contribution in [0.1, 0.15) is 82.2 Å². The van der Waals surface area contributed by atoms with Crippen molar-refractivity contribution in [2.75, 3.05) is 7.11 Å². The number of rotatable bonds is 4. The zero-order valence-electron chi connectivity index (χ0n) is 19.5. The van der Waals surface area contributed by atoms with Gasteiger partial charge in [-0.1, -0.05) is 43.9 Å². The molecule has 32 heavy (non-hydrogen) atoms. The summed E-state index contributed by atoms with van der Waals surface area (Å²) >= 11 is 0. The summed E-state index contributed by atoms with van der Waals surface area (Å²) in [5, 5.41) is 1.21. The summed E-state index contributed by atoms with van der Waals surface area (Å²) in [6.45, 7) is 0. The van der Waals surface area contributed by atoms with Crippen LogP contribution in [0.4, 0.5) is 0 Å². The maximum atomic E-state index is 12.0. The van der Waals surface area contributed by atoms with Crippen molar-refractivity contribution in [1.82, 2.24) is 9.47 Å². The van der Waals surface area contributed by atoms with Crippen LogP contribution in [0.3, 0.4) is 0 Å². The van der Waals surface area contributed by atoms with Crippen molar-refractivity contribution in [3.63, 3.8) is 0 Å². The van der Waals surface area contributed by atoms with E-state index in [2.05, 4.69) is 39.9 Å². The molecule has 2 aromatic rings. The molecule has 4 heteroatoms. The van der Waals surface area contributed by atoms with E-state index in [-0.39, 0.29) is 5.97 Å². The Labute approximate surface area is 192 Å². The molecule has 3 heterocycles. The highest BCUT2D eigenvalue weighted by Gasteiger charge is 2.45. The van der Waals surface area contributed by atoms with Crippen LogP contribution >= 0.6 is 0 Å². The van der Waals surface area contributed by atoms with E-state index in [0.717, 1.165) is 35.5 Å². The highest BCUT2D eigenvalue weighted by Crippen LogP contribution is 2.48. The predicted molar refractivity (Wildman–Crippen MR) is 128 cm³/mol. The number of carbonyl (C=O) groups excluding carboxylic acids is 1. The Morgan fingerprint density at radius 1 is 0.875 bits per heavy atom. The Morgan fingerprint density at radius 3 is 2.28 bits per heavy atom. The minimum absolute atomic E-state index is 0.151. The van der Waals surface area contributed by atoms with Crippen molar-refractivity contribution >= 4 is 16.9 Å². The predicted octanol–water partition coefficient (Wildman–Crippen LogP) is 5.88. The van der Waals surface area contributed by atoms with Crippen molar-refractivity contribution in [2.24, 2.45) is 11.8 Å². The number of piperidine rings is 2. The van der Waals surface area contributed by atoms with E-state index in [0.29, 0.717) is 12.5 Å². The van der Waals surface area contributed by atoms with Crippen molar-refractivity contribution < 1.29 is 9.53 Å². The molecule has 2 aliphatic carbocycles. The fraction of sp³-hybridized carbons (Fsp3) is 0.679. The molecule has 1 aromatic heterocycles. The lowest BCUT2D eigenvalue weighted by Gasteiger charge is -2.55. The molecule has 2 saturated heterocycles. The minimum atomic E-state index is -0.151. The van der Waals surface area contributed by atoms with Gasteiger partial charge in [0, 0.05) is 41.3 Å². The average Bonchev–Trinajstić information content (AvgIpc) is 3.16. The quantitative estimate of drug-likeness (QED) is 0.563. The maximum Gasteiger partial charge on any atom is 0.310 e. The van der Waals surface area contributed by atoms with Crippen LogP contribution in [-0.2, 0) is 16.0 Å². The van der Waals surface area contributed by atoms with E-state index in [1.54, 1.807) is 0 Å². The van der Waals surface area contributed by atoms with Gasteiger partial charge >= 0.3 is 5.97 Å². The maximum absolute atomic E-state index is 12.0. The highest BCUT2D eigenvalue weighted by molar-refractivity contribution is 5.88. The van der Waals surface area contributed by atoms with E-state index in [1.807, 2.05) is 0 Å². The number of carbonyl (C=O) groups is 1. The van der Waals surface area contributed by atoms with Crippen molar-refractivity contribution in [3.05, 3.63) is 36.0 Å². The molecule has 1 aromatic carbocycles. The van der Waals surface area contributed by atoms with Gasteiger partial charge in [0.25, 0.3) is 0 Å². The fourth-order valence-electron chi connectivity index (χ4n) is 8.10. The van der Waals surface area contributed by atoms with Crippen LogP contribution in [0.15, 0.2) is 30.5 Å². The summed E-state index contributed by atoms with van der Waals surface area (Å²) in [6, 6.07) is 11.5. The molecule has 4 nitrogen and oxygen atoms in total. The van der Waals surface area contributed by atoms with Gasteiger partial charge < -0.3 is 9.30 Å². The standard InChI is InChI=1S/C28H38N2O2/c1-32-28(31)15-21-18-29(27-11-3-2-10-26(21)27)24-16-22-8-5-9-23(17-24)30(22)25-13-19-6-4-7-20(12-19)14-25/h2-3,10-11,18-20,22-25H,4-9,12-17H2,1H3/t19-,20+,22-,23+,24?,25?. The summed E-state index contributed by atoms with van der Waals surface area (Å²) in [4.78, 5) is 15.1. The number of hydrogen-bond acceptors (Lipinski definition) is 3. The van der Waals surface area contributed by atoms with Gasteiger partial charge in [-0.3, -0.25) is 9.69 Å². The second-order valence-corrected chi connectivity index (χ2v) is 11.2. The number of hydrogen-bond donors (Lipinski definition) is 0. The minimum Gasteiger partial charge on any atom is -0.469 e. The highest BCUT2D eigenvalue weighted by atomic mass is 16.5. The third-order valence-corrected chi connectivity index (χ3v) is 9.31. The van der Waals surface area contributed by atoms with Crippen molar-refractivity contribution in [1.29, 1.82) is 0 Å². The lowest BCUT2D eigenvalue weighted by Crippen LogP contribution is -2.58. The van der Waals surface area contributed by atoms with E-state index >= 15 is 0 Å². The van der Waals surface area contributed by atoms with Crippen LogP contribution in [0.25, 0.3) is 10.9 Å². The van der Waals surface area contributed by atoms with Crippen LogP contribution in [-0.4, -0.2) is 40.7 Å². The molecule has 4 bridgehead atoms. The number of fused-ring (bicyclic) bond motifs is 5. The number of aromatic nitrogens is 1. The molecular weight excluding hydrogens is 396 g/mol. The molecule has 0 spiro atoms. The summed E-state index contributed by atoms with van der Waals surface area (Å²) in [5.74, 6) is 1.85. The summed E-state index contributed by atoms with van der Waals surface area (Å²) in [7, 11) is 1.48. The molecule has 2 saturated carbocycles. The topological polar surface area (TPSA) is 34.5 Å². The molecule has 2 unspecified atom stereocenters. The van der Waals surface area contributed by atoms with Crippen molar-refractivity contribution in [3.8, 4) is 0 Å². The molecule has 0 N–H and O–H groups in total. The van der Waals surface area contributed by atoms with Crippen molar-refractivity contribution in [2.45, 2.75) is 101 Å². The Bertz CT molecular complexity index is 955. The van der Waals surface area contributed by atoms with Crippen LogP contribution in [0.2, 0.25) is 0 Å². The SMILES string of the molecule is COC(=O)Cc1cn(C2C[C@H]3CCC[C@@H](C2)N3C2C[C@H]3CCC[C@@H](C2)C3)c2ccccc12. The number of esters is 1. The van der Waals surface area contributed by atoms with E-state index in [4.69, 9.17) is 4.74 Å². The van der Waals surface area contributed by atoms with Gasteiger partial charge in [0.05, 0.1) is 13.5 Å². The fourth-order valence-corrected chi connectivity index (χ4v) is 8.10. The number of benzene rings is 1. The van der Waals surface area contributed by atoms with Crippen LogP contribution in [0, 0.1) is 11.8 Å². The van der Waals surface area contributed by atoms with Gasteiger partial charge in [-0.15, -0.1) is 0 Å². The number of para-hydroxylation sites is 1. The van der Waals surface area contributed by atoms with E-state index in [1.165, 1.54) is 88.6 Å². The molecule has 172 valence electrons. The molecular formula is C28H38N2O2. The summed E-state index contributed by atoms with van der Waals surface area (Å²) < 4.78 is 7.50. The summed E-state index contributed by atoms with van der Waals surface area (Å²) in [6.07, 6.45) is 18.2. The number of nitrogens with zero attached hydrogens (tertiary/aromatic N) is 2. The molecule has 0 amide bonds. The molecule has 4 aliphatic rings. The van der Waals surface area contributed by atoms with Gasteiger partial charge in [-0.2, -0.15) is 0 Å². The molecule has 6 atom stereocenters. The molecule has 2 aliphatic heterocycles. The van der Waals surface area contributed by atoms with Crippen LogP contribution < -0.4 is 0 Å². The lowest BCUT2D eigenvalue weighted by molar-refractivity contribution is -0.139. The normalized spacial score (nSPS) is 35.0. The van der Waals surface area contributed by atoms with E-state index < -0.39 is 0 Å². The van der Waals surface area contributed by atoms with Crippen LogP contribution in [0.5, 0.6) is 0 Å². The first-order valence-electron chi connectivity index (χ1n) is 13.1. The van der Waals surface area contributed by atoms with E-state index in [9.17, 15) is 4.79 Å². The third kappa shape index (κ3) is 3.69. The van der Waals surface area contributed by atoms with Gasteiger partial charge in [0.1, 0.15) is 0 Å². The third-order valence-electron chi connectivity index (χ3n) is 9.31. The second-order valence-electron chi connectivity index (χ2n) is 11.2. The first-order valence-corrected chi connectivity index (χ1v) is 13.1. The first kappa shape index (κ1) is 20.8. The Kier molecular flexibility index (Phi) is 5.53. The second kappa shape index (κ2) is 8.52. The molecule has 4 fully saturated rings. The first-order chi connectivity index (χ1) is 15.7. The monoisotopic (exact) mass is 434 g/mol. The molecule has 6 rings (SSSR count). The average molecular weight is 435 g/mol. The zero-order chi connectivity index (χ0) is 21.7. The largest absolute Gasteiger partial charge is 0.469 e. The van der Waals surface area contributed by atoms with Gasteiger partial charge in [-0.25, -0.2) is 0 Å². The number of ether oxygens (including phenoxy) is 1. The lowest BCUT2D eigenvalue weighted by atomic mass is 9.68.